The Kier molecular flexibility index (Phi) is 5.16. The summed E-state index contributed by atoms with van der Waals surface area (Å²) < 4.78 is 69.4. The Morgan fingerprint density at radius 1 is 1.28 bits per heavy atom. The van der Waals surface area contributed by atoms with Crippen LogP contribution in [-0.2, 0) is 9.47 Å². The van der Waals surface area contributed by atoms with Crippen molar-refractivity contribution < 1.29 is 33.7 Å². The van der Waals surface area contributed by atoms with Crippen molar-refractivity contribution in [2.75, 3.05) is 45.3 Å². The molecule has 3 aliphatic rings. The number of esters is 1. The number of piperidine rings is 1. The number of aromatic nitrogens is 1. The van der Waals surface area contributed by atoms with E-state index in [0.29, 0.717) is 24.2 Å². The van der Waals surface area contributed by atoms with Gasteiger partial charge in [-0.25, -0.2) is 14.0 Å². The number of methoxy groups -OCH3 is 2. The van der Waals surface area contributed by atoms with Crippen molar-refractivity contribution in [3.63, 3.8) is 0 Å². The first kappa shape index (κ1) is 19.6. The van der Waals surface area contributed by atoms with Crippen LogP contribution >= 0.6 is 0 Å². The molecule has 1 amide bonds. The number of halogens is 1. The van der Waals surface area contributed by atoms with E-state index in [1.54, 1.807) is 4.57 Å². The molecule has 10 heteroatoms. The monoisotopic (exact) mass is 503 g/mol. The fourth-order valence-electron chi connectivity index (χ4n) is 4.91. The Hall–Kier alpha value is -3.56. The minimum absolute atomic E-state index is 0.105. The molecule has 0 N–H and O–H groups in total. The molecule has 1 saturated carbocycles. The van der Waals surface area contributed by atoms with Gasteiger partial charge in [-0.15, -0.1) is 0 Å². The van der Waals surface area contributed by atoms with Gasteiger partial charge in [0, 0.05) is 34.5 Å². The van der Waals surface area contributed by atoms with E-state index in [2.05, 4.69) is 6.58 Å². The number of benzene rings is 1. The third-order valence-electron chi connectivity index (χ3n) is 6.72. The van der Waals surface area contributed by atoms with E-state index in [0.717, 1.165) is 18.1 Å². The number of fused-ring (bicyclic) bond motifs is 2. The number of hydrogen-bond acceptors (Lipinski definition) is 7. The standard InChI is InChI=1S/C26H30FN3O6/c1-4-10-36-26(33)29-9-5-6-15-12-28(14-20(15)29)22-19(27)11-17-21(24(22)34-2)30(16-7-8-16)13-18(23(17)31)25(32)35-3/h4,11,13,15-16,20H,1,5-10,12,14H2,2-3H3/t15-,20+/m0/s1/i12D2,14D2. The number of nitrogens with zero attached hydrogens (tertiary/aromatic N) is 3. The lowest BCUT2D eigenvalue weighted by atomic mass is 9.92. The van der Waals surface area contributed by atoms with Gasteiger partial charge in [-0.1, -0.05) is 12.7 Å². The molecule has 3 heterocycles. The number of amides is 1. The highest BCUT2D eigenvalue weighted by Crippen LogP contribution is 2.45. The quantitative estimate of drug-likeness (QED) is 0.440. The highest BCUT2D eigenvalue weighted by Gasteiger charge is 2.43. The van der Waals surface area contributed by atoms with Crippen LogP contribution in [0.2, 0.25) is 0 Å². The number of hydrogen-bond donors (Lipinski definition) is 0. The van der Waals surface area contributed by atoms with Crippen molar-refractivity contribution in [1.82, 2.24) is 9.47 Å². The second-order valence-electron chi connectivity index (χ2n) is 8.98. The molecule has 1 aromatic carbocycles. The Balaban J connectivity index is 1.75. The van der Waals surface area contributed by atoms with Crippen molar-refractivity contribution in [3.05, 3.63) is 46.5 Å². The third-order valence-corrected chi connectivity index (χ3v) is 6.72. The van der Waals surface area contributed by atoms with E-state index in [1.165, 1.54) is 19.4 Å². The molecule has 0 radical (unpaired) electrons. The minimum atomic E-state index is -2.61. The summed E-state index contributed by atoms with van der Waals surface area (Å²) in [6.45, 7) is -1.54. The number of anilines is 1. The summed E-state index contributed by atoms with van der Waals surface area (Å²) in [5, 5.41) is -0.180. The van der Waals surface area contributed by atoms with Gasteiger partial charge >= 0.3 is 12.1 Å². The Bertz CT molecular complexity index is 1460. The Morgan fingerprint density at radius 2 is 2.06 bits per heavy atom. The lowest BCUT2D eigenvalue weighted by Gasteiger charge is -2.35. The second kappa shape index (κ2) is 9.48. The van der Waals surface area contributed by atoms with Crippen LogP contribution in [0, 0.1) is 11.7 Å². The minimum Gasteiger partial charge on any atom is -0.492 e. The number of carbonyl (C=O) groups is 2. The highest BCUT2D eigenvalue weighted by atomic mass is 19.1. The summed E-state index contributed by atoms with van der Waals surface area (Å²) in [6.07, 6.45) is 3.93. The number of carbonyl (C=O) groups excluding carboxylic acids is 2. The molecule has 2 aliphatic heterocycles. The van der Waals surface area contributed by atoms with Crippen LogP contribution < -0.4 is 15.1 Å². The smallest absolute Gasteiger partial charge is 0.410 e. The van der Waals surface area contributed by atoms with Crippen molar-refractivity contribution in [1.29, 1.82) is 0 Å². The van der Waals surface area contributed by atoms with E-state index in [-0.39, 0.29) is 47.8 Å². The maximum atomic E-state index is 16.1. The summed E-state index contributed by atoms with van der Waals surface area (Å²) >= 11 is 0. The van der Waals surface area contributed by atoms with Crippen LogP contribution in [-0.4, -0.2) is 67.9 Å². The van der Waals surface area contributed by atoms with Gasteiger partial charge in [0.1, 0.15) is 17.9 Å². The van der Waals surface area contributed by atoms with E-state index < -0.39 is 53.9 Å². The van der Waals surface area contributed by atoms with Gasteiger partial charge in [0.2, 0.25) is 5.43 Å². The number of rotatable bonds is 6. The van der Waals surface area contributed by atoms with Crippen LogP contribution in [0.3, 0.4) is 0 Å². The molecule has 0 spiro atoms. The molecule has 0 unspecified atom stereocenters. The molecular weight excluding hydrogens is 469 g/mol. The van der Waals surface area contributed by atoms with Gasteiger partial charge < -0.3 is 28.6 Å². The number of likely N-dealkylation sites (tertiary alicyclic amines) is 1. The number of ether oxygens (including phenoxy) is 3. The molecule has 192 valence electrons. The SMILES string of the molecule is [2H]C1([2H])[C@@H]2CCCN(C(=O)OCC=C)[C@@H]2C([2H])([2H])N1c1c(F)cc2c(=O)c(C(=O)OC)cn(C3CC3)c2c1OC. The molecule has 9 nitrogen and oxygen atoms in total. The van der Waals surface area contributed by atoms with Gasteiger partial charge in [0.25, 0.3) is 0 Å². The molecule has 2 atom stereocenters. The van der Waals surface area contributed by atoms with Crippen molar-refractivity contribution >= 4 is 28.7 Å². The summed E-state index contributed by atoms with van der Waals surface area (Å²) in [6, 6.07) is -0.560. The first-order chi connectivity index (χ1) is 18.9. The molecule has 2 aromatic rings. The lowest BCUT2D eigenvalue weighted by Crippen LogP contribution is -2.48. The maximum Gasteiger partial charge on any atom is 0.410 e. The Labute approximate surface area is 213 Å². The first-order valence-corrected chi connectivity index (χ1v) is 11.8. The summed E-state index contributed by atoms with van der Waals surface area (Å²) in [5.41, 5.74) is -1.48. The van der Waals surface area contributed by atoms with Crippen molar-refractivity contribution in [2.45, 2.75) is 37.8 Å². The molecule has 5 rings (SSSR count). The lowest BCUT2D eigenvalue weighted by molar-refractivity contribution is 0.0598. The van der Waals surface area contributed by atoms with Crippen LogP contribution in [0.25, 0.3) is 10.9 Å². The molecule has 2 saturated heterocycles. The molecular formula is C26H30FN3O6. The fourth-order valence-corrected chi connectivity index (χ4v) is 4.91. The van der Waals surface area contributed by atoms with Gasteiger partial charge in [-0.2, -0.15) is 0 Å². The van der Waals surface area contributed by atoms with E-state index in [9.17, 15) is 14.4 Å². The molecule has 36 heavy (non-hydrogen) atoms. The summed E-state index contributed by atoms with van der Waals surface area (Å²) in [7, 11) is 2.35. The average Bonchev–Trinajstić information content (AvgIpc) is 3.75. The largest absolute Gasteiger partial charge is 0.492 e. The van der Waals surface area contributed by atoms with Gasteiger partial charge in [-0.3, -0.25) is 4.79 Å². The van der Waals surface area contributed by atoms with Gasteiger partial charge in [-0.05, 0) is 37.7 Å². The second-order valence-corrected chi connectivity index (χ2v) is 8.98. The fraction of sp³-hybridized carbons (Fsp3) is 0.500. The molecule has 0 bridgehead atoms. The topological polar surface area (TPSA) is 90.3 Å². The predicted molar refractivity (Wildman–Crippen MR) is 131 cm³/mol. The zero-order valence-electron chi connectivity index (χ0n) is 24.1. The van der Waals surface area contributed by atoms with Gasteiger partial charge in [0.15, 0.2) is 11.6 Å². The van der Waals surface area contributed by atoms with E-state index >= 15 is 4.39 Å². The molecule has 1 aromatic heterocycles. The average molecular weight is 504 g/mol. The van der Waals surface area contributed by atoms with Crippen molar-refractivity contribution in [2.24, 2.45) is 5.92 Å². The third kappa shape index (κ3) is 3.98. The van der Waals surface area contributed by atoms with Crippen molar-refractivity contribution in [3.8, 4) is 5.75 Å². The molecule has 3 fully saturated rings. The Morgan fingerprint density at radius 3 is 2.72 bits per heavy atom. The summed E-state index contributed by atoms with van der Waals surface area (Å²) in [4.78, 5) is 40.3. The van der Waals surface area contributed by atoms with Crippen LogP contribution in [0.5, 0.6) is 5.75 Å². The molecule has 1 aliphatic carbocycles. The first-order valence-electron chi connectivity index (χ1n) is 13.8. The van der Waals surface area contributed by atoms with E-state index in [4.69, 9.17) is 19.7 Å². The van der Waals surface area contributed by atoms with E-state index in [1.807, 2.05) is 0 Å². The normalized spacial score (nSPS) is 25.8. The predicted octanol–water partition coefficient (Wildman–Crippen LogP) is 3.49. The number of pyridine rings is 1. The highest BCUT2D eigenvalue weighted by molar-refractivity contribution is 5.97. The zero-order chi connectivity index (χ0) is 29.1. The zero-order valence-corrected chi connectivity index (χ0v) is 20.1. The summed E-state index contributed by atoms with van der Waals surface area (Å²) in [5.74, 6) is -3.27. The van der Waals surface area contributed by atoms with Crippen LogP contribution in [0.4, 0.5) is 14.9 Å². The van der Waals surface area contributed by atoms with Crippen LogP contribution in [0.15, 0.2) is 29.7 Å². The van der Waals surface area contributed by atoms with Gasteiger partial charge in [0.05, 0.1) is 33.9 Å². The maximum absolute atomic E-state index is 16.1. The van der Waals surface area contributed by atoms with Crippen LogP contribution in [0.1, 0.15) is 47.6 Å².